The van der Waals surface area contributed by atoms with Crippen molar-refractivity contribution in [3.05, 3.63) is 52.3 Å². The third-order valence-electron chi connectivity index (χ3n) is 4.13. The molecule has 0 saturated carbocycles. The second kappa shape index (κ2) is 7.89. The number of nitro groups is 1. The largest absolute Gasteiger partial charge is 0.340 e. The van der Waals surface area contributed by atoms with Gasteiger partial charge in [-0.05, 0) is 30.5 Å². The Kier molecular flexibility index (Phi) is 5.87. The van der Waals surface area contributed by atoms with E-state index in [2.05, 4.69) is 18.9 Å². The molecule has 1 unspecified atom stereocenters. The first kappa shape index (κ1) is 18.6. The van der Waals surface area contributed by atoms with Crippen LogP contribution in [0.3, 0.4) is 0 Å². The van der Waals surface area contributed by atoms with E-state index in [1.165, 1.54) is 16.8 Å². The second-order valence-electron chi connectivity index (χ2n) is 6.34. The van der Waals surface area contributed by atoms with E-state index in [1.54, 1.807) is 36.3 Å². The number of rotatable bonds is 7. The fraction of sp³-hybridized carbons (Fsp3) is 0.412. The number of hydrogen-bond acceptors (Lipinski definition) is 5. The van der Waals surface area contributed by atoms with E-state index in [0.717, 1.165) is 6.42 Å². The number of benzene rings is 1. The van der Waals surface area contributed by atoms with Crippen LogP contribution in [0.25, 0.3) is 5.69 Å². The first-order valence-electron chi connectivity index (χ1n) is 8.11. The van der Waals surface area contributed by atoms with Gasteiger partial charge in [-0.1, -0.05) is 13.8 Å². The standard InChI is InChI=1S/C17H23N5O3/c1-12(2)15(18)8-10-20(3)17(23)16-9-11-21(19-16)13-4-6-14(7-5-13)22(24)25/h4-7,9,11-12,15H,8,10,18H2,1-3H3. The third kappa shape index (κ3) is 4.63. The summed E-state index contributed by atoms with van der Waals surface area (Å²) in [5, 5.41) is 15.0. The summed E-state index contributed by atoms with van der Waals surface area (Å²) in [6, 6.07) is 7.65. The van der Waals surface area contributed by atoms with Crippen molar-refractivity contribution < 1.29 is 9.72 Å². The highest BCUT2D eigenvalue weighted by molar-refractivity contribution is 5.92. The van der Waals surface area contributed by atoms with Crippen LogP contribution in [-0.4, -0.2) is 45.1 Å². The molecular formula is C17H23N5O3. The van der Waals surface area contributed by atoms with Crippen LogP contribution in [0.5, 0.6) is 0 Å². The number of aromatic nitrogens is 2. The SMILES string of the molecule is CC(C)C(N)CCN(C)C(=O)c1ccn(-c2ccc([N+](=O)[O-])cc2)n1. The molecule has 2 N–H and O–H groups in total. The number of amides is 1. The average Bonchev–Trinajstić information content (AvgIpc) is 3.08. The molecule has 1 aromatic carbocycles. The maximum Gasteiger partial charge on any atom is 0.274 e. The van der Waals surface area contributed by atoms with Crippen LogP contribution < -0.4 is 5.73 Å². The fourth-order valence-corrected chi connectivity index (χ4v) is 2.28. The lowest BCUT2D eigenvalue weighted by Gasteiger charge is -2.20. The monoisotopic (exact) mass is 345 g/mol. The summed E-state index contributed by atoms with van der Waals surface area (Å²) in [4.78, 5) is 24.3. The van der Waals surface area contributed by atoms with Gasteiger partial charge in [-0.2, -0.15) is 5.10 Å². The van der Waals surface area contributed by atoms with Gasteiger partial charge in [0.2, 0.25) is 0 Å². The highest BCUT2D eigenvalue weighted by atomic mass is 16.6. The molecule has 0 saturated heterocycles. The molecular weight excluding hydrogens is 322 g/mol. The van der Waals surface area contributed by atoms with Gasteiger partial charge in [0.05, 0.1) is 10.6 Å². The molecule has 25 heavy (non-hydrogen) atoms. The lowest BCUT2D eigenvalue weighted by Crippen LogP contribution is -2.34. The molecule has 2 rings (SSSR count). The van der Waals surface area contributed by atoms with Crippen molar-refractivity contribution in [3.63, 3.8) is 0 Å². The minimum absolute atomic E-state index is 0.00781. The van der Waals surface area contributed by atoms with Gasteiger partial charge >= 0.3 is 0 Å². The van der Waals surface area contributed by atoms with Gasteiger partial charge in [0.25, 0.3) is 11.6 Å². The zero-order valence-corrected chi connectivity index (χ0v) is 14.6. The third-order valence-corrected chi connectivity index (χ3v) is 4.13. The lowest BCUT2D eigenvalue weighted by atomic mass is 10.0. The number of nitro benzene ring substituents is 1. The van der Waals surface area contributed by atoms with Crippen molar-refractivity contribution in [2.45, 2.75) is 26.3 Å². The van der Waals surface area contributed by atoms with Crippen molar-refractivity contribution in [2.24, 2.45) is 11.7 Å². The average molecular weight is 345 g/mol. The predicted molar refractivity (Wildman–Crippen MR) is 94.6 cm³/mol. The summed E-state index contributed by atoms with van der Waals surface area (Å²) in [5.74, 6) is 0.182. The summed E-state index contributed by atoms with van der Waals surface area (Å²) in [5.41, 5.74) is 6.99. The van der Waals surface area contributed by atoms with E-state index < -0.39 is 4.92 Å². The Hall–Kier alpha value is -2.74. The zero-order chi connectivity index (χ0) is 18.6. The molecule has 0 spiro atoms. The van der Waals surface area contributed by atoms with Gasteiger partial charge in [0.1, 0.15) is 0 Å². The number of non-ortho nitro benzene ring substituents is 1. The molecule has 1 aromatic heterocycles. The topological polar surface area (TPSA) is 107 Å². The van der Waals surface area contributed by atoms with Crippen molar-refractivity contribution in [1.82, 2.24) is 14.7 Å². The van der Waals surface area contributed by atoms with Gasteiger partial charge in [-0.15, -0.1) is 0 Å². The molecule has 134 valence electrons. The Labute approximate surface area is 146 Å². The van der Waals surface area contributed by atoms with Crippen LogP contribution >= 0.6 is 0 Å². The molecule has 1 amide bonds. The number of hydrogen-bond donors (Lipinski definition) is 1. The maximum atomic E-state index is 12.4. The Morgan fingerprint density at radius 1 is 1.32 bits per heavy atom. The fourth-order valence-electron chi connectivity index (χ4n) is 2.28. The van der Waals surface area contributed by atoms with Crippen molar-refractivity contribution >= 4 is 11.6 Å². The molecule has 0 aliphatic rings. The molecule has 0 radical (unpaired) electrons. The smallest absolute Gasteiger partial charge is 0.274 e. The van der Waals surface area contributed by atoms with E-state index in [4.69, 9.17) is 5.73 Å². The molecule has 8 nitrogen and oxygen atoms in total. The normalized spacial score (nSPS) is 12.2. The van der Waals surface area contributed by atoms with Gasteiger partial charge in [-0.25, -0.2) is 4.68 Å². The predicted octanol–water partition coefficient (Wildman–Crippen LogP) is 2.23. The summed E-state index contributed by atoms with van der Waals surface area (Å²) < 4.78 is 1.52. The Balaban J connectivity index is 2.04. The Morgan fingerprint density at radius 3 is 2.52 bits per heavy atom. The number of nitrogens with zero attached hydrogens (tertiary/aromatic N) is 4. The summed E-state index contributed by atoms with van der Waals surface area (Å²) >= 11 is 0. The highest BCUT2D eigenvalue weighted by Crippen LogP contribution is 2.15. The van der Waals surface area contributed by atoms with Gasteiger partial charge in [0.15, 0.2) is 5.69 Å². The molecule has 0 aliphatic heterocycles. The minimum atomic E-state index is -0.460. The quantitative estimate of drug-likeness (QED) is 0.611. The van der Waals surface area contributed by atoms with E-state index >= 15 is 0 Å². The number of carbonyl (C=O) groups excluding carboxylic acids is 1. The first-order chi connectivity index (χ1) is 11.8. The highest BCUT2D eigenvalue weighted by Gasteiger charge is 2.17. The minimum Gasteiger partial charge on any atom is -0.340 e. The van der Waals surface area contributed by atoms with E-state index in [1.807, 2.05) is 0 Å². The summed E-state index contributed by atoms with van der Waals surface area (Å²) in [7, 11) is 1.72. The van der Waals surface area contributed by atoms with Gasteiger partial charge in [-0.3, -0.25) is 14.9 Å². The molecule has 0 fully saturated rings. The van der Waals surface area contributed by atoms with Crippen LogP contribution in [0.1, 0.15) is 30.8 Å². The molecule has 2 aromatic rings. The maximum absolute atomic E-state index is 12.4. The van der Waals surface area contributed by atoms with Crippen LogP contribution in [0.15, 0.2) is 36.5 Å². The molecule has 1 atom stereocenters. The molecule has 8 heteroatoms. The molecule has 0 bridgehead atoms. The number of nitrogens with two attached hydrogens (primary N) is 1. The van der Waals surface area contributed by atoms with Crippen LogP contribution in [0.2, 0.25) is 0 Å². The molecule has 0 aliphatic carbocycles. The Bertz CT molecular complexity index is 739. The first-order valence-corrected chi connectivity index (χ1v) is 8.11. The zero-order valence-electron chi connectivity index (χ0n) is 14.6. The summed E-state index contributed by atoms with van der Waals surface area (Å²) in [6.45, 7) is 4.67. The van der Waals surface area contributed by atoms with Crippen molar-refractivity contribution in [1.29, 1.82) is 0 Å². The Morgan fingerprint density at radius 2 is 1.96 bits per heavy atom. The van der Waals surface area contributed by atoms with E-state index in [9.17, 15) is 14.9 Å². The summed E-state index contributed by atoms with van der Waals surface area (Å²) in [6.07, 6.45) is 2.38. The van der Waals surface area contributed by atoms with Gasteiger partial charge in [0, 0.05) is 38.0 Å². The lowest BCUT2D eigenvalue weighted by molar-refractivity contribution is -0.384. The van der Waals surface area contributed by atoms with E-state index in [0.29, 0.717) is 23.8 Å². The number of carbonyl (C=O) groups is 1. The van der Waals surface area contributed by atoms with Crippen molar-refractivity contribution in [3.8, 4) is 5.69 Å². The van der Waals surface area contributed by atoms with Crippen LogP contribution in [0, 0.1) is 16.0 Å². The van der Waals surface area contributed by atoms with Crippen LogP contribution in [-0.2, 0) is 0 Å². The van der Waals surface area contributed by atoms with Crippen LogP contribution in [0.4, 0.5) is 5.69 Å². The van der Waals surface area contributed by atoms with E-state index in [-0.39, 0.29) is 17.6 Å². The van der Waals surface area contributed by atoms with Gasteiger partial charge < -0.3 is 10.6 Å². The van der Waals surface area contributed by atoms with Crippen molar-refractivity contribution in [2.75, 3.05) is 13.6 Å². The molecule has 1 heterocycles. The second-order valence-corrected chi connectivity index (χ2v) is 6.34.